The van der Waals surface area contributed by atoms with E-state index < -0.39 is 17.4 Å². The summed E-state index contributed by atoms with van der Waals surface area (Å²) in [5.41, 5.74) is 1.28. The summed E-state index contributed by atoms with van der Waals surface area (Å²) in [7, 11) is 1.24. The first kappa shape index (κ1) is 24.4. The van der Waals surface area contributed by atoms with Gasteiger partial charge in [0.1, 0.15) is 11.2 Å². The van der Waals surface area contributed by atoms with Crippen LogP contribution in [0.3, 0.4) is 0 Å². The number of imidazole rings is 1. The first-order valence-electron chi connectivity index (χ1n) is 11.1. The van der Waals surface area contributed by atoms with Gasteiger partial charge in [0.15, 0.2) is 5.69 Å². The normalized spacial score (nSPS) is 17.8. The van der Waals surface area contributed by atoms with Crippen LogP contribution in [0.1, 0.15) is 59.3 Å². The Morgan fingerprint density at radius 2 is 2.00 bits per heavy atom. The Morgan fingerprint density at radius 1 is 1.27 bits per heavy atom. The molecule has 1 N–H and O–H groups in total. The standard InChI is InChI=1S/C24H32N4O5/c1-15(2)33-12-8-11-25-23(31)24(5)13-27-14-26-19(22(30)32-6)20(27)21(29)28(24)18-10-7-9-16(3)17(18)4/h7,9-10,14-15H,8,11-13H2,1-6H3,(H,25,31)/t24-/m1/s1. The summed E-state index contributed by atoms with van der Waals surface area (Å²) in [5.74, 6) is -1.47. The topological polar surface area (TPSA) is 103 Å². The number of nitrogens with one attached hydrogen (secondary N) is 1. The Labute approximate surface area is 194 Å². The van der Waals surface area contributed by atoms with Crippen molar-refractivity contribution in [3.63, 3.8) is 0 Å². The van der Waals surface area contributed by atoms with Crippen LogP contribution in [-0.4, -0.2) is 59.2 Å². The number of hydrogen-bond donors (Lipinski definition) is 1. The molecule has 0 bridgehead atoms. The van der Waals surface area contributed by atoms with E-state index >= 15 is 0 Å². The number of nitrogens with zero attached hydrogens (tertiary/aromatic N) is 3. The van der Waals surface area contributed by atoms with E-state index in [2.05, 4.69) is 10.3 Å². The maximum absolute atomic E-state index is 13.8. The van der Waals surface area contributed by atoms with Gasteiger partial charge in [-0.25, -0.2) is 9.78 Å². The van der Waals surface area contributed by atoms with Crippen LogP contribution in [0, 0.1) is 13.8 Å². The molecule has 1 aliphatic heterocycles. The summed E-state index contributed by atoms with van der Waals surface area (Å²) in [6, 6.07) is 5.61. The molecule has 1 atom stereocenters. The van der Waals surface area contributed by atoms with Crippen molar-refractivity contribution in [3.05, 3.63) is 47.0 Å². The number of fused-ring (bicyclic) bond motifs is 1. The molecule has 2 aromatic rings. The molecule has 0 saturated carbocycles. The number of aromatic nitrogens is 2. The van der Waals surface area contributed by atoms with Crippen molar-refractivity contribution < 1.29 is 23.9 Å². The molecule has 9 heteroatoms. The lowest BCUT2D eigenvalue weighted by atomic mass is 9.92. The van der Waals surface area contributed by atoms with Gasteiger partial charge in [0.25, 0.3) is 5.91 Å². The Bertz CT molecular complexity index is 1060. The van der Waals surface area contributed by atoms with Gasteiger partial charge in [-0.15, -0.1) is 0 Å². The molecule has 178 valence electrons. The number of benzene rings is 1. The molecule has 1 aromatic carbocycles. The van der Waals surface area contributed by atoms with Crippen LogP contribution >= 0.6 is 0 Å². The summed E-state index contributed by atoms with van der Waals surface area (Å²) < 4.78 is 11.9. The highest BCUT2D eigenvalue weighted by Crippen LogP contribution is 2.36. The number of esters is 1. The van der Waals surface area contributed by atoms with Crippen molar-refractivity contribution in [1.82, 2.24) is 14.9 Å². The minimum Gasteiger partial charge on any atom is -0.464 e. The second-order valence-electron chi connectivity index (χ2n) is 8.72. The van der Waals surface area contributed by atoms with E-state index in [0.717, 1.165) is 11.1 Å². The number of anilines is 1. The van der Waals surface area contributed by atoms with E-state index in [-0.39, 0.29) is 29.9 Å². The van der Waals surface area contributed by atoms with Gasteiger partial charge < -0.3 is 19.4 Å². The number of ether oxygens (including phenoxy) is 2. The molecule has 0 spiro atoms. The van der Waals surface area contributed by atoms with Gasteiger partial charge in [-0.05, 0) is 58.2 Å². The molecule has 1 aromatic heterocycles. The van der Waals surface area contributed by atoms with Crippen LogP contribution in [0.2, 0.25) is 0 Å². The quantitative estimate of drug-likeness (QED) is 0.484. The Morgan fingerprint density at radius 3 is 2.67 bits per heavy atom. The number of rotatable bonds is 8. The summed E-state index contributed by atoms with van der Waals surface area (Å²) >= 11 is 0. The average molecular weight is 457 g/mol. The van der Waals surface area contributed by atoms with Gasteiger partial charge >= 0.3 is 5.97 Å². The summed E-state index contributed by atoms with van der Waals surface area (Å²) in [4.78, 5) is 45.1. The molecule has 0 radical (unpaired) electrons. The first-order valence-corrected chi connectivity index (χ1v) is 11.1. The molecule has 9 nitrogen and oxygen atoms in total. The fourth-order valence-corrected chi connectivity index (χ4v) is 4.01. The maximum atomic E-state index is 13.8. The lowest BCUT2D eigenvalue weighted by Crippen LogP contribution is -2.64. The second kappa shape index (κ2) is 9.74. The number of amides is 2. The minimum atomic E-state index is -1.24. The van der Waals surface area contributed by atoms with Gasteiger partial charge in [0.2, 0.25) is 5.91 Å². The third-order valence-electron chi connectivity index (χ3n) is 5.96. The van der Waals surface area contributed by atoms with Crippen LogP contribution < -0.4 is 10.2 Å². The van der Waals surface area contributed by atoms with E-state index in [1.165, 1.54) is 18.3 Å². The van der Waals surface area contributed by atoms with Gasteiger partial charge in [0, 0.05) is 18.8 Å². The summed E-state index contributed by atoms with van der Waals surface area (Å²) in [5, 5.41) is 2.95. The highest BCUT2D eigenvalue weighted by molar-refractivity contribution is 6.15. The number of aryl methyl sites for hydroxylation is 1. The smallest absolute Gasteiger partial charge is 0.359 e. The zero-order valence-electron chi connectivity index (χ0n) is 20.1. The van der Waals surface area contributed by atoms with Crippen molar-refractivity contribution in [2.24, 2.45) is 0 Å². The van der Waals surface area contributed by atoms with E-state index in [9.17, 15) is 14.4 Å². The van der Waals surface area contributed by atoms with E-state index in [0.29, 0.717) is 25.3 Å². The lowest BCUT2D eigenvalue weighted by molar-refractivity contribution is -0.126. The second-order valence-corrected chi connectivity index (χ2v) is 8.72. The monoisotopic (exact) mass is 456 g/mol. The maximum Gasteiger partial charge on any atom is 0.359 e. The Balaban J connectivity index is 2.00. The van der Waals surface area contributed by atoms with Gasteiger partial charge in [-0.2, -0.15) is 0 Å². The van der Waals surface area contributed by atoms with Gasteiger partial charge in [-0.1, -0.05) is 12.1 Å². The molecule has 0 fully saturated rings. The molecule has 1 aliphatic rings. The number of carbonyl (C=O) groups excluding carboxylic acids is 3. The van der Waals surface area contributed by atoms with Gasteiger partial charge in [-0.3, -0.25) is 14.5 Å². The number of hydrogen-bond acceptors (Lipinski definition) is 6. The molecule has 2 heterocycles. The van der Waals surface area contributed by atoms with E-state index in [1.54, 1.807) is 11.5 Å². The van der Waals surface area contributed by atoms with Crippen LogP contribution in [-0.2, 0) is 20.8 Å². The average Bonchev–Trinajstić information content (AvgIpc) is 3.19. The zero-order chi connectivity index (χ0) is 24.3. The van der Waals surface area contributed by atoms with Crippen LogP contribution in [0.15, 0.2) is 24.5 Å². The molecular weight excluding hydrogens is 424 g/mol. The van der Waals surface area contributed by atoms with E-state index in [1.807, 2.05) is 45.9 Å². The molecule has 2 amide bonds. The van der Waals surface area contributed by atoms with Crippen LogP contribution in [0.25, 0.3) is 0 Å². The van der Waals surface area contributed by atoms with Crippen LogP contribution in [0.4, 0.5) is 5.69 Å². The SMILES string of the molecule is COC(=O)c1ncn2c1C(=O)N(c1cccc(C)c1C)[C@@](C)(C(=O)NCCCOC(C)C)C2. The van der Waals surface area contributed by atoms with Crippen molar-refractivity contribution in [2.45, 2.75) is 59.2 Å². The highest BCUT2D eigenvalue weighted by atomic mass is 16.5. The summed E-state index contributed by atoms with van der Waals surface area (Å²) in [6.45, 7) is 10.6. The zero-order valence-corrected chi connectivity index (χ0v) is 20.1. The van der Waals surface area contributed by atoms with E-state index in [4.69, 9.17) is 9.47 Å². The van der Waals surface area contributed by atoms with Crippen LogP contribution in [0.5, 0.6) is 0 Å². The third kappa shape index (κ3) is 4.64. The first-order chi connectivity index (χ1) is 15.6. The summed E-state index contributed by atoms with van der Waals surface area (Å²) in [6.07, 6.45) is 2.18. The number of methoxy groups -OCH3 is 1. The highest BCUT2D eigenvalue weighted by Gasteiger charge is 2.50. The lowest BCUT2D eigenvalue weighted by Gasteiger charge is -2.44. The van der Waals surface area contributed by atoms with Crippen molar-refractivity contribution in [3.8, 4) is 0 Å². The molecule has 0 unspecified atom stereocenters. The third-order valence-corrected chi connectivity index (χ3v) is 5.96. The Hall–Kier alpha value is -3.20. The molecule has 33 heavy (non-hydrogen) atoms. The van der Waals surface area contributed by atoms with Crippen molar-refractivity contribution in [1.29, 1.82) is 0 Å². The fourth-order valence-electron chi connectivity index (χ4n) is 4.01. The molecule has 0 saturated heterocycles. The number of carbonyl (C=O) groups is 3. The Kier molecular flexibility index (Phi) is 7.22. The molecule has 0 aliphatic carbocycles. The predicted octanol–water partition coefficient (Wildman–Crippen LogP) is 2.64. The largest absolute Gasteiger partial charge is 0.464 e. The minimum absolute atomic E-state index is 0.0638. The molecular formula is C24H32N4O5. The predicted molar refractivity (Wildman–Crippen MR) is 123 cm³/mol. The molecule has 3 rings (SSSR count). The van der Waals surface area contributed by atoms with Crippen molar-refractivity contribution >= 4 is 23.5 Å². The van der Waals surface area contributed by atoms with Crippen molar-refractivity contribution in [2.75, 3.05) is 25.2 Å². The van der Waals surface area contributed by atoms with Gasteiger partial charge in [0.05, 0.1) is 26.1 Å². The fraction of sp³-hybridized carbons (Fsp3) is 0.500.